The number of esters is 1. The molecular formula is C31H42F3N3O4Si. The Labute approximate surface area is 247 Å². The fourth-order valence-electron chi connectivity index (χ4n) is 3.82. The molecule has 0 aliphatic heterocycles. The van der Waals surface area contributed by atoms with E-state index in [0.717, 1.165) is 23.4 Å². The lowest BCUT2D eigenvalue weighted by Gasteiger charge is -2.28. The van der Waals surface area contributed by atoms with E-state index in [1.807, 2.05) is 45.9 Å². The fourth-order valence-corrected chi connectivity index (χ4v) is 4.58. The number of imidazole rings is 1. The normalized spacial score (nSPS) is 12.9. The van der Waals surface area contributed by atoms with E-state index in [-0.39, 0.29) is 25.1 Å². The zero-order valence-electron chi connectivity index (χ0n) is 26.0. The lowest BCUT2D eigenvalue weighted by molar-refractivity contribution is -0.167. The van der Waals surface area contributed by atoms with E-state index in [1.54, 1.807) is 26.0 Å². The number of rotatable bonds is 11. The van der Waals surface area contributed by atoms with Gasteiger partial charge in [0.1, 0.15) is 30.5 Å². The predicted octanol–water partition coefficient (Wildman–Crippen LogP) is 8.00. The van der Waals surface area contributed by atoms with E-state index in [2.05, 4.69) is 29.6 Å². The molecule has 0 amide bonds. The van der Waals surface area contributed by atoms with Crippen LogP contribution in [0.5, 0.6) is 5.75 Å². The van der Waals surface area contributed by atoms with E-state index in [0.29, 0.717) is 23.6 Å². The molecule has 3 aromatic rings. The van der Waals surface area contributed by atoms with Crippen LogP contribution in [0.25, 0.3) is 22.6 Å². The third-order valence-corrected chi connectivity index (χ3v) is 8.03. The number of benzene rings is 1. The molecule has 0 saturated carbocycles. The summed E-state index contributed by atoms with van der Waals surface area (Å²) >= 11 is 0. The molecular weight excluding hydrogens is 563 g/mol. The van der Waals surface area contributed by atoms with Gasteiger partial charge in [-0.3, -0.25) is 9.78 Å². The molecule has 3 rings (SSSR count). The molecule has 0 spiro atoms. The molecule has 7 nitrogen and oxygen atoms in total. The van der Waals surface area contributed by atoms with Crippen LogP contribution in [-0.4, -0.2) is 47.4 Å². The van der Waals surface area contributed by atoms with Gasteiger partial charge in [0, 0.05) is 38.2 Å². The van der Waals surface area contributed by atoms with Gasteiger partial charge in [0.2, 0.25) is 0 Å². The molecule has 2 aromatic heterocycles. The van der Waals surface area contributed by atoms with Crippen molar-refractivity contribution < 1.29 is 32.2 Å². The largest absolute Gasteiger partial charge is 0.492 e. The van der Waals surface area contributed by atoms with Crippen LogP contribution in [-0.2, 0) is 27.2 Å². The number of carbonyl (C=O) groups excluding carboxylic acids is 1. The Morgan fingerprint density at radius 3 is 2.21 bits per heavy atom. The Morgan fingerprint density at radius 1 is 1.00 bits per heavy atom. The van der Waals surface area contributed by atoms with Gasteiger partial charge >= 0.3 is 12.1 Å². The molecule has 0 radical (unpaired) electrons. The standard InChI is InChI=1S/C31H42F3N3O4Si/c1-21-16-22(11-13-25(21)40-19-30(5,6)28(38)41-29(2,3)4)24-12-10-23(17-35-24)27-36-26(31(32,33)34)18-37(27)20-39-14-15-42(7,8)9/h10-13,16-18H,14-15,19-20H2,1-9H3. The van der Waals surface area contributed by atoms with E-state index in [1.165, 1.54) is 10.8 Å². The van der Waals surface area contributed by atoms with Crippen molar-refractivity contribution in [2.24, 2.45) is 5.41 Å². The average molecular weight is 606 g/mol. The van der Waals surface area contributed by atoms with Crippen molar-refractivity contribution in [1.29, 1.82) is 0 Å². The minimum atomic E-state index is -4.57. The maximum Gasteiger partial charge on any atom is 0.434 e. The summed E-state index contributed by atoms with van der Waals surface area (Å²) in [5.74, 6) is 0.430. The average Bonchev–Trinajstić information content (AvgIpc) is 3.29. The van der Waals surface area contributed by atoms with E-state index in [4.69, 9.17) is 14.2 Å². The number of aromatic nitrogens is 3. The van der Waals surface area contributed by atoms with Gasteiger partial charge in [-0.25, -0.2) is 4.98 Å². The summed E-state index contributed by atoms with van der Waals surface area (Å²) in [6.45, 7) is 18.1. The highest BCUT2D eigenvalue weighted by molar-refractivity contribution is 6.76. The van der Waals surface area contributed by atoms with Crippen molar-refractivity contribution in [1.82, 2.24) is 14.5 Å². The first-order chi connectivity index (χ1) is 19.2. The van der Waals surface area contributed by atoms with Crippen molar-refractivity contribution >= 4 is 14.0 Å². The Balaban J connectivity index is 1.75. The minimum absolute atomic E-state index is 0.0317. The summed E-state index contributed by atoms with van der Waals surface area (Å²) in [5.41, 5.74) is 0.344. The quantitative estimate of drug-likeness (QED) is 0.125. The highest BCUT2D eigenvalue weighted by Crippen LogP contribution is 2.32. The van der Waals surface area contributed by atoms with Crippen molar-refractivity contribution in [3.05, 3.63) is 54.0 Å². The van der Waals surface area contributed by atoms with Crippen molar-refractivity contribution in [2.45, 2.75) is 85.7 Å². The van der Waals surface area contributed by atoms with Gasteiger partial charge < -0.3 is 18.8 Å². The van der Waals surface area contributed by atoms with Gasteiger partial charge in [-0.1, -0.05) is 19.6 Å². The zero-order valence-corrected chi connectivity index (χ0v) is 27.0. The van der Waals surface area contributed by atoms with Crippen molar-refractivity contribution in [3.63, 3.8) is 0 Å². The molecule has 0 fully saturated rings. The van der Waals surface area contributed by atoms with Crippen LogP contribution in [0.3, 0.4) is 0 Å². The van der Waals surface area contributed by atoms with Gasteiger partial charge in [-0.2, -0.15) is 13.2 Å². The Hall–Kier alpha value is -3.18. The van der Waals surface area contributed by atoms with Gasteiger partial charge in [0.05, 0.1) is 11.1 Å². The van der Waals surface area contributed by atoms with Gasteiger partial charge in [-0.05, 0) is 83.5 Å². The highest BCUT2D eigenvalue weighted by atomic mass is 28.3. The van der Waals surface area contributed by atoms with E-state index in [9.17, 15) is 18.0 Å². The number of nitrogens with zero attached hydrogens (tertiary/aromatic N) is 3. The second-order valence-corrected chi connectivity index (χ2v) is 19.0. The topological polar surface area (TPSA) is 75.5 Å². The first-order valence-electron chi connectivity index (χ1n) is 13.9. The molecule has 0 aliphatic carbocycles. The minimum Gasteiger partial charge on any atom is -0.492 e. The smallest absolute Gasteiger partial charge is 0.434 e. The maximum absolute atomic E-state index is 13.5. The molecule has 230 valence electrons. The summed E-state index contributed by atoms with van der Waals surface area (Å²) in [5, 5.41) is 0. The number of hydrogen-bond donors (Lipinski definition) is 0. The van der Waals surface area contributed by atoms with Crippen LogP contribution in [0.2, 0.25) is 25.7 Å². The lowest BCUT2D eigenvalue weighted by atomic mass is 9.94. The Bertz CT molecular complexity index is 1370. The number of carbonyl (C=O) groups is 1. The number of alkyl halides is 3. The summed E-state index contributed by atoms with van der Waals surface area (Å²) in [7, 11) is -1.34. The van der Waals surface area contributed by atoms with E-state index < -0.39 is 31.0 Å². The third kappa shape index (κ3) is 9.42. The fraction of sp³-hybridized carbons (Fsp3) is 0.516. The van der Waals surface area contributed by atoms with Crippen molar-refractivity contribution in [2.75, 3.05) is 13.2 Å². The molecule has 0 N–H and O–H groups in total. The Morgan fingerprint density at radius 2 is 1.67 bits per heavy atom. The van der Waals surface area contributed by atoms with Crippen LogP contribution in [0.4, 0.5) is 13.2 Å². The second kappa shape index (κ2) is 12.6. The first-order valence-corrected chi connectivity index (χ1v) is 17.6. The zero-order chi connectivity index (χ0) is 31.5. The molecule has 0 aliphatic rings. The third-order valence-electron chi connectivity index (χ3n) is 6.33. The molecule has 1 aromatic carbocycles. The summed E-state index contributed by atoms with van der Waals surface area (Å²) in [6, 6.07) is 9.92. The van der Waals surface area contributed by atoms with Crippen LogP contribution in [0.15, 0.2) is 42.7 Å². The summed E-state index contributed by atoms with van der Waals surface area (Å²) < 4.78 is 58.9. The second-order valence-electron chi connectivity index (χ2n) is 13.4. The van der Waals surface area contributed by atoms with Crippen LogP contribution < -0.4 is 4.74 Å². The van der Waals surface area contributed by atoms with Crippen LogP contribution >= 0.6 is 0 Å². The molecule has 0 atom stereocenters. The molecule has 0 saturated heterocycles. The molecule has 0 unspecified atom stereocenters. The number of aryl methyl sites for hydroxylation is 1. The maximum atomic E-state index is 13.5. The highest BCUT2D eigenvalue weighted by Gasteiger charge is 2.35. The summed E-state index contributed by atoms with van der Waals surface area (Å²) in [6.07, 6.45) is -2.08. The monoisotopic (exact) mass is 605 g/mol. The van der Waals surface area contributed by atoms with Gasteiger partial charge in [0.15, 0.2) is 5.69 Å². The van der Waals surface area contributed by atoms with Gasteiger partial charge in [0.25, 0.3) is 0 Å². The number of ether oxygens (including phenoxy) is 3. The molecule has 2 heterocycles. The van der Waals surface area contributed by atoms with Crippen LogP contribution in [0.1, 0.15) is 45.9 Å². The van der Waals surface area contributed by atoms with Gasteiger partial charge in [-0.15, -0.1) is 0 Å². The SMILES string of the molecule is Cc1cc(-c2ccc(-c3nc(C(F)(F)F)cn3COCC[Si](C)(C)C)cn2)ccc1OCC(C)(C)C(=O)OC(C)(C)C. The first kappa shape index (κ1) is 33.3. The number of hydrogen-bond acceptors (Lipinski definition) is 6. The molecule has 42 heavy (non-hydrogen) atoms. The van der Waals surface area contributed by atoms with Crippen LogP contribution in [0, 0.1) is 12.3 Å². The summed E-state index contributed by atoms with van der Waals surface area (Å²) in [4.78, 5) is 20.9. The Kier molecular flexibility index (Phi) is 9.99. The number of halogens is 3. The number of pyridine rings is 1. The predicted molar refractivity (Wildman–Crippen MR) is 160 cm³/mol. The molecule has 11 heteroatoms. The molecule has 0 bridgehead atoms. The van der Waals surface area contributed by atoms with E-state index >= 15 is 0 Å². The lowest BCUT2D eigenvalue weighted by Crippen LogP contribution is -2.37. The van der Waals surface area contributed by atoms with Crippen molar-refractivity contribution in [3.8, 4) is 28.4 Å².